The van der Waals surface area contributed by atoms with Gasteiger partial charge in [-0.05, 0) is 51.5 Å². The van der Waals surface area contributed by atoms with Crippen molar-refractivity contribution in [3.05, 3.63) is 24.7 Å². The van der Waals surface area contributed by atoms with Crippen molar-refractivity contribution < 1.29 is 0 Å². The monoisotopic (exact) mass is 465 g/mol. The summed E-state index contributed by atoms with van der Waals surface area (Å²) in [6, 6.07) is 2.09. The summed E-state index contributed by atoms with van der Waals surface area (Å²) in [5.41, 5.74) is 1.07. The molecule has 0 radical (unpaired) electrons. The van der Waals surface area contributed by atoms with Crippen LogP contribution in [0.4, 0.5) is 5.82 Å². The van der Waals surface area contributed by atoms with Crippen LogP contribution in [0.15, 0.2) is 10.5 Å². The molecule has 20 heavy (non-hydrogen) atoms. The number of rotatable bonds is 2. The molecular formula is C14H17BrIN3S. The highest BCUT2D eigenvalue weighted by Gasteiger charge is 2.23. The van der Waals surface area contributed by atoms with Gasteiger partial charge in [-0.3, -0.25) is 0 Å². The van der Waals surface area contributed by atoms with E-state index in [9.17, 15) is 0 Å². The number of anilines is 1. The molecule has 0 spiro atoms. The summed E-state index contributed by atoms with van der Waals surface area (Å²) in [5, 5.41) is 3.17. The highest BCUT2D eigenvalue weighted by molar-refractivity contribution is 14.1. The molecule has 2 rings (SSSR count). The van der Waals surface area contributed by atoms with Gasteiger partial charge < -0.3 is 5.32 Å². The fourth-order valence-corrected chi connectivity index (χ4v) is 4.58. The van der Waals surface area contributed by atoms with E-state index in [0.29, 0.717) is 0 Å². The van der Waals surface area contributed by atoms with Crippen LogP contribution < -0.4 is 5.32 Å². The number of hydrogen-bond acceptors (Lipinski definition) is 4. The van der Waals surface area contributed by atoms with Gasteiger partial charge in [0.25, 0.3) is 0 Å². The molecule has 6 heteroatoms. The number of nitrogens with zero attached hydrogens (tertiary/aromatic N) is 2. The summed E-state index contributed by atoms with van der Waals surface area (Å²) in [4.78, 5) is 11.8. The highest BCUT2D eigenvalue weighted by atomic mass is 127. The smallest absolute Gasteiger partial charge is 0.172 e. The molecule has 1 N–H and O–H groups in total. The van der Waals surface area contributed by atoms with E-state index in [0.717, 1.165) is 30.3 Å². The van der Waals surface area contributed by atoms with Crippen LogP contribution in [0.25, 0.3) is 10.7 Å². The first-order chi connectivity index (χ1) is 9.24. The van der Waals surface area contributed by atoms with E-state index in [1.165, 1.54) is 4.88 Å². The molecule has 2 aromatic heterocycles. The van der Waals surface area contributed by atoms with Gasteiger partial charge in [0.05, 0.1) is 14.1 Å². The molecule has 0 bridgehead atoms. The first kappa shape index (κ1) is 16.2. The normalized spacial score (nSPS) is 11.8. The van der Waals surface area contributed by atoms with Crippen LogP contribution in [-0.4, -0.2) is 17.0 Å². The zero-order valence-corrected chi connectivity index (χ0v) is 16.7. The second-order valence-corrected chi connectivity index (χ2v) is 8.76. The second-order valence-electron chi connectivity index (χ2n) is 5.57. The topological polar surface area (TPSA) is 37.8 Å². The van der Waals surface area contributed by atoms with Crippen molar-refractivity contribution in [2.24, 2.45) is 0 Å². The summed E-state index contributed by atoms with van der Waals surface area (Å²) >= 11 is 7.59. The minimum Gasteiger partial charge on any atom is -0.372 e. The first-order valence-corrected chi connectivity index (χ1v) is 8.95. The molecule has 2 aromatic rings. The van der Waals surface area contributed by atoms with Gasteiger partial charge in [-0.2, -0.15) is 0 Å². The molecule has 0 amide bonds. The summed E-state index contributed by atoms with van der Waals surface area (Å²) < 4.78 is 2.21. The maximum absolute atomic E-state index is 4.81. The average Bonchev–Trinajstić information content (AvgIpc) is 2.68. The lowest BCUT2D eigenvalue weighted by molar-refractivity contribution is 0.564. The van der Waals surface area contributed by atoms with Gasteiger partial charge in [0.15, 0.2) is 5.82 Å². The molecule has 0 aliphatic carbocycles. The van der Waals surface area contributed by atoms with E-state index in [1.807, 2.05) is 7.05 Å². The van der Waals surface area contributed by atoms with Gasteiger partial charge in [-0.1, -0.05) is 20.8 Å². The molecule has 108 valence electrons. The third-order valence-electron chi connectivity index (χ3n) is 2.88. The summed E-state index contributed by atoms with van der Waals surface area (Å²) in [7, 11) is 1.90. The van der Waals surface area contributed by atoms with Crippen LogP contribution >= 0.6 is 49.9 Å². The molecule has 3 nitrogen and oxygen atoms in total. The number of aromatic nitrogens is 2. The van der Waals surface area contributed by atoms with E-state index in [4.69, 9.17) is 4.98 Å². The van der Waals surface area contributed by atoms with Crippen molar-refractivity contribution in [1.29, 1.82) is 0 Å². The molecule has 0 aromatic carbocycles. The molecule has 0 saturated heterocycles. The van der Waals surface area contributed by atoms with E-state index >= 15 is 0 Å². The van der Waals surface area contributed by atoms with Gasteiger partial charge in [0.2, 0.25) is 0 Å². The van der Waals surface area contributed by atoms with E-state index in [1.54, 1.807) is 11.3 Å². The molecular weight excluding hydrogens is 449 g/mol. The minimum absolute atomic E-state index is 0.0106. The number of aryl methyl sites for hydroxylation is 1. The second kappa shape index (κ2) is 5.88. The third kappa shape index (κ3) is 3.17. The Morgan fingerprint density at radius 2 is 1.95 bits per heavy atom. The van der Waals surface area contributed by atoms with Crippen molar-refractivity contribution >= 4 is 55.7 Å². The molecule has 0 aliphatic heterocycles. The lowest BCUT2D eigenvalue weighted by Crippen LogP contribution is -2.18. The van der Waals surface area contributed by atoms with Crippen LogP contribution in [0, 0.1) is 10.5 Å². The molecule has 0 fully saturated rings. The van der Waals surface area contributed by atoms with E-state index in [2.05, 4.69) is 82.6 Å². The summed E-state index contributed by atoms with van der Waals surface area (Å²) in [6.07, 6.45) is 0. The number of nitrogens with one attached hydrogen (secondary N) is 1. The standard InChI is InChI=1S/C14H17BrIN3S/c1-7-8(15)6-9(20-7)12-18-11(14(2,3)4)10(16)13(17-5)19-12/h6H,1-5H3,(H,17,18,19). The van der Waals surface area contributed by atoms with Crippen LogP contribution in [0.5, 0.6) is 0 Å². The first-order valence-electron chi connectivity index (χ1n) is 6.26. The third-order valence-corrected chi connectivity index (χ3v) is 6.03. The Bertz CT molecular complexity index is 627. The Kier molecular flexibility index (Phi) is 4.76. The predicted octanol–water partition coefficient (Wildman–Crippen LogP) is 5.22. The maximum atomic E-state index is 4.81. The SMILES string of the molecule is CNc1nc(-c2cc(Br)c(C)s2)nc(C(C)(C)C)c1I. The zero-order chi connectivity index (χ0) is 15.1. The van der Waals surface area contributed by atoms with E-state index < -0.39 is 0 Å². The Morgan fingerprint density at radius 3 is 2.40 bits per heavy atom. The Balaban J connectivity index is 2.66. The largest absolute Gasteiger partial charge is 0.372 e. The lowest BCUT2D eigenvalue weighted by atomic mass is 9.92. The summed E-state index contributed by atoms with van der Waals surface area (Å²) in [5.74, 6) is 1.68. The van der Waals surface area contributed by atoms with Crippen LogP contribution in [-0.2, 0) is 5.41 Å². The molecule has 0 aliphatic rings. The molecule has 0 atom stereocenters. The Labute approximate surface area is 145 Å². The van der Waals surface area contributed by atoms with Gasteiger partial charge in [0, 0.05) is 21.8 Å². The van der Waals surface area contributed by atoms with Gasteiger partial charge in [-0.25, -0.2) is 9.97 Å². The highest BCUT2D eigenvalue weighted by Crippen LogP contribution is 2.36. The molecule has 0 unspecified atom stereocenters. The van der Waals surface area contributed by atoms with E-state index in [-0.39, 0.29) is 5.41 Å². The fraction of sp³-hybridized carbons (Fsp3) is 0.429. The van der Waals surface area contributed by atoms with Crippen LogP contribution in [0.1, 0.15) is 31.3 Å². The molecule has 2 heterocycles. The van der Waals surface area contributed by atoms with Crippen LogP contribution in [0.2, 0.25) is 0 Å². The number of thiophene rings is 1. The van der Waals surface area contributed by atoms with Gasteiger partial charge in [0.1, 0.15) is 5.82 Å². The average molecular weight is 466 g/mol. The van der Waals surface area contributed by atoms with Crippen LogP contribution in [0.3, 0.4) is 0 Å². The van der Waals surface area contributed by atoms with Gasteiger partial charge in [-0.15, -0.1) is 11.3 Å². The lowest BCUT2D eigenvalue weighted by Gasteiger charge is -2.21. The Morgan fingerprint density at radius 1 is 1.30 bits per heavy atom. The van der Waals surface area contributed by atoms with Crippen molar-refractivity contribution in [2.75, 3.05) is 12.4 Å². The zero-order valence-electron chi connectivity index (χ0n) is 12.1. The minimum atomic E-state index is -0.0106. The van der Waals surface area contributed by atoms with Crippen molar-refractivity contribution in [3.8, 4) is 10.7 Å². The number of hydrogen-bond donors (Lipinski definition) is 1. The van der Waals surface area contributed by atoms with Crippen molar-refractivity contribution in [3.63, 3.8) is 0 Å². The van der Waals surface area contributed by atoms with Crippen molar-refractivity contribution in [1.82, 2.24) is 9.97 Å². The molecule has 0 saturated carbocycles. The van der Waals surface area contributed by atoms with Gasteiger partial charge >= 0.3 is 0 Å². The maximum Gasteiger partial charge on any atom is 0.172 e. The predicted molar refractivity (Wildman–Crippen MR) is 98.7 cm³/mol. The Hall–Kier alpha value is -0.210. The number of halogens is 2. The van der Waals surface area contributed by atoms with Crippen molar-refractivity contribution in [2.45, 2.75) is 33.1 Å². The fourth-order valence-electron chi connectivity index (χ4n) is 1.79. The quantitative estimate of drug-likeness (QED) is 0.618. The summed E-state index contributed by atoms with van der Waals surface area (Å²) in [6.45, 7) is 8.62.